The fraction of sp³-hybridized carbons (Fsp3) is 0.429. The number of aromatic hydroxyl groups is 1. The summed E-state index contributed by atoms with van der Waals surface area (Å²) < 4.78 is 5.35. The van der Waals surface area contributed by atoms with Gasteiger partial charge in [0.2, 0.25) is 5.60 Å². The fourth-order valence-corrected chi connectivity index (χ4v) is 3.32. The Morgan fingerprint density at radius 2 is 2.28 bits per heavy atom. The van der Waals surface area contributed by atoms with Crippen LogP contribution in [0.25, 0.3) is 0 Å². The number of ether oxygens (including phenoxy) is 1. The van der Waals surface area contributed by atoms with Crippen LogP contribution < -0.4 is 0 Å². The summed E-state index contributed by atoms with van der Waals surface area (Å²) in [6, 6.07) is 5.17. The predicted molar refractivity (Wildman–Crippen MR) is 63.1 cm³/mol. The van der Waals surface area contributed by atoms with Crippen molar-refractivity contribution in [1.29, 1.82) is 0 Å². The largest absolute Gasteiger partial charge is 0.507 e. The van der Waals surface area contributed by atoms with E-state index in [1.165, 1.54) is 13.0 Å². The Bertz CT molecular complexity index is 549. The molecule has 18 heavy (non-hydrogen) atoms. The topological polar surface area (TPSA) is 63.6 Å². The van der Waals surface area contributed by atoms with E-state index in [2.05, 4.69) is 0 Å². The lowest BCUT2D eigenvalue weighted by molar-refractivity contribution is -0.177. The normalized spacial score (nSPS) is 28.9. The van der Waals surface area contributed by atoms with Gasteiger partial charge < -0.3 is 9.84 Å². The maximum Gasteiger partial charge on any atom is 0.303 e. The minimum Gasteiger partial charge on any atom is -0.507 e. The van der Waals surface area contributed by atoms with E-state index in [1.54, 1.807) is 6.07 Å². The Hall–Kier alpha value is -1.84. The Morgan fingerprint density at radius 3 is 3.00 bits per heavy atom. The monoisotopic (exact) mass is 246 g/mol. The van der Waals surface area contributed by atoms with E-state index in [9.17, 15) is 14.7 Å². The molecule has 0 amide bonds. The van der Waals surface area contributed by atoms with Gasteiger partial charge in [-0.1, -0.05) is 12.1 Å². The zero-order valence-corrected chi connectivity index (χ0v) is 10.1. The highest BCUT2D eigenvalue weighted by Crippen LogP contribution is 2.60. The molecule has 4 nitrogen and oxygen atoms in total. The number of esters is 1. The number of hydrogen-bond acceptors (Lipinski definition) is 4. The standard InChI is InChI=1S/C14H14O4/c1-8(15)18-14-10(5-3-7-12(14)17)9-4-2-6-11(16)13(9)14/h2,4,6,10,16H,3,5,7H2,1H3. The van der Waals surface area contributed by atoms with Crippen molar-refractivity contribution in [3.8, 4) is 5.75 Å². The molecule has 0 radical (unpaired) electrons. The third-order valence-corrected chi connectivity index (χ3v) is 3.93. The van der Waals surface area contributed by atoms with Gasteiger partial charge in [0.25, 0.3) is 0 Å². The van der Waals surface area contributed by atoms with Gasteiger partial charge in [0.05, 0.1) is 0 Å². The molecule has 2 aliphatic carbocycles. The molecule has 1 N–H and O–H groups in total. The fourth-order valence-electron chi connectivity index (χ4n) is 3.32. The highest BCUT2D eigenvalue weighted by atomic mass is 16.6. The number of phenols is 1. The summed E-state index contributed by atoms with van der Waals surface area (Å²) in [6.07, 6.45) is 2.02. The molecular formula is C14H14O4. The molecule has 0 heterocycles. The maximum absolute atomic E-state index is 12.2. The lowest BCUT2D eigenvalue weighted by atomic mass is 9.57. The first-order valence-corrected chi connectivity index (χ1v) is 6.12. The second-order valence-electron chi connectivity index (χ2n) is 4.94. The number of benzene rings is 1. The van der Waals surface area contributed by atoms with Crippen LogP contribution in [0.5, 0.6) is 5.75 Å². The van der Waals surface area contributed by atoms with Crippen molar-refractivity contribution in [1.82, 2.24) is 0 Å². The minimum absolute atomic E-state index is 0.0419. The van der Waals surface area contributed by atoms with Gasteiger partial charge >= 0.3 is 5.97 Å². The van der Waals surface area contributed by atoms with Gasteiger partial charge in [0.1, 0.15) is 5.75 Å². The molecule has 1 aromatic carbocycles. The van der Waals surface area contributed by atoms with E-state index in [0.717, 1.165) is 18.4 Å². The summed E-state index contributed by atoms with van der Waals surface area (Å²) >= 11 is 0. The van der Waals surface area contributed by atoms with Crippen molar-refractivity contribution < 1.29 is 19.4 Å². The Kier molecular flexibility index (Phi) is 2.24. The van der Waals surface area contributed by atoms with E-state index in [4.69, 9.17) is 4.74 Å². The summed E-state index contributed by atoms with van der Waals surface area (Å²) in [5.41, 5.74) is 0.212. The molecule has 1 aromatic rings. The Balaban J connectivity index is 2.18. The summed E-state index contributed by atoms with van der Waals surface area (Å²) in [5, 5.41) is 9.94. The van der Waals surface area contributed by atoms with Crippen LogP contribution in [0.3, 0.4) is 0 Å². The van der Waals surface area contributed by atoms with Gasteiger partial charge in [-0.2, -0.15) is 0 Å². The molecule has 0 bridgehead atoms. The van der Waals surface area contributed by atoms with Crippen LogP contribution in [-0.2, 0) is 19.9 Å². The lowest BCUT2D eigenvalue weighted by Crippen LogP contribution is -2.55. The van der Waals surface area contributed by atoms with Crippen molar-refractivity contribution in [2.24, 2.45) is 0 Å². The quantitative estimate of drug-likeness (QED) is 0.770. The van der Waals surface area contributed by atoms with Crippen LogP contribution in [0.15, 0.2) is 18.2 Å². The average Bonchev–Trinajstić information content (AvgIpc) is 2.29. The number of fused-ring (bicyclic) bond motifs is 4. The van der Waals surface area contributed by atoms with Gasteiger partial charge in [-0.3, -0.25) is 9.59 Å². The molecule has 94 valence electrons. The van der Waals surface area contributed by atoms with E-state index >= 15 is 0 Å². The summed E-state index contributed by atoms with van der Waals surface area (Å²) in [6.45, 7) is 1.30. The van der Waals surface area contributed by atoms with Crippen molar-refractivity contribution >= 4 is 11.8 Å². The Morgan fingerprint density at radius 1 is 1.50 bits per heavy atom. The maximum atomic E-state index is 12.2. The average molecular weight is 246 g/mol. The number of Topliss-reactive ketones (excluding diaryl/α,β-unsaturated/α-hetero) is 1. The minimum atomic E-state index is -1.22. The predicted octanol–water partition coefficient (Wildman–Crippen LogP) is 2.00. The second kappa shape index (κ2) is 3.57. The third kappa shape index (κ3) is 1.20. The number of carbonyl (C=O) groups is 2. The molecule has 0 aromatic heterocycles. The molecule has 3 rings (SSSR count). The molecule has 1 fully saturated rings. The molecule has 0 aliphatic heterocycles. The Labute approximate surface area is 105 Å². The summed E-state index contributed by atoms with van der Waals surface area (Å²) in [7, 11) is 0. The van der Waals surface area contributed by atoms with Crippen molar-refractivity contribution in [3.63, 3.8) is 0 Å². The van der Waals surface area contributed by atoms with Crippen LogP contribution in [0.1, 0.15) is 43.2 Å². The number of ketones is 1. The van der Waals surface area contributed by atoms with E-state index in [1.807, 2.05) is 6.07 Å². The number of phenolic OH excluding ortho intramolecular Hbond substituents is 1. The number of carbonyl (C=O) groups excluding carboxylic acids is 2. The lowest BCUT2D eigenvalue weighted by Gasteiger charge is -2.51. The molecule has 0 spiro atoms. The van der Waals surface area contributed by atoms with Gasteiger partial charge in [-0.15, -0.1) is 0 Å². The van der Waals surface area contributed by atoms with E-state index < -0.39 is 11.6 Å². The third-order valence-electron chi connectivity index (χ3n) is 3.93. The highest BCUT2D eigenvalue weighted by molar-refractivity contribution is 5.96. The molecule has 2 aliphatic rings. The van der Waals surface area contributed by atoms with Crippen molar-refractivity contribution in [2.75, 3.05) is 0 Å². The smallest absolute Gasteiger partial charge is 0.303 e. The van der Waals surface area contributed by atoms with Crippen molar-refractivity contribution in [2.45, 2.75) is 37.7 Å². The van der Waals surface area contributed by atoms with Crippen LogP contribution in [-0.4, -0.2) is 16.9 Å². The van der Waals surface area contributed by atoms with E-state index in [-0.39, 0.29) is 17.5 Å². The first-order valence-electron chi connectivity index (χ1n) is 6.12. The van der Waals surface area contributed by atoms with Crippen LogP contribution in [0.4, 0.5) is 0 Å². The zero-order chi connectivity index (χ0) is 12.9. The molecule has 0 saturated heterocycles. The van der Waals surface area contributed by atoms with Crippen LogP contribution in [0, 0.1) is 0 Å². The van der Waals surface area contributed by atoms with Gasteiger partial charge in [0.15, 0.2) is 5.78 Å². The summed E-state index contributed by atoms with van der Waals surface area (Å²) in [4.78, 5) is 23.5. The van der Waals surface area contributed by atoms with Crippen molar-refractivity contribution in [3.05, 3.63) is 29.3 Å². The second-order valence-corrected chi connectivity index (χ2v) is 4.94. The first-order chi connectivity index (χ1) is 8.57. The van der Waals surface area contributed by atoms with Gasteiger partial charge in [-0.25, -0.2) is 0 Å². The molecule has 2 atom stereocenters. The molecule has 4 heteroatoms. The van der Waals surface area contributed by atoms with Crippen LogP contribution in [0.2, 0.25) is 0 Å². The molecular weight excluding hydrogens is 232 g/mol. The molecule has 1 saturated carbocycles. The first kappa shape index (κ1) is 11.3. The van der Waals surface area contributed by atoms with E-state index in [0.29, 0.717) is 12.0 Å². The highest BCUT2D eigenvalue weighted by Gasteiger charge is 2.62. The van der Waals surface area contributed by atoms with Gasteiger partial charge in [-0.05, 0) is 24.5 Å². The number of rotatable bonds is 1. The van der Waals surface area contributed by atoms with Crippen LogP contribution >= 0.6 is 0 Å². The summed E-state index contributed by atoms with van der Waals surface area (Å²) in [5.74, 6) is -0.628. The SMILES string of the molecule is CC(=O)OC12C(=O)CCCC1c1cccc(O)c12. The zero-order valence-electron chi connectivity index (χ0n) is 10.1. The molecule has 2 unspecified atom stereocenters. The van der Waals surface area contributed by atoms with Gasteiger partial charge in [0, 0.05) is 24.8 Å². The number of hydrogen-bond donors (Lipinski definition) is 1.